The van der Waals surface area contributed by atoms with Crippen LogP contribution >= 0.6 is 0 Å². The molecule has 5 aliphatic rings. The van der Waals surface area contributed by atoms with Gasteiger partial charge < -0.3 is 14.6 Å². The molecule has 6 nitrogen and oxygen atoms in total. The highest BCUT2D eigenvalue weighted by Crippen LogP contribution is 2.59. The van der Waals surface area contributed by atoms with Crippen LogP contribution in [0.1, 0.15) is 40.0 Å². The summed E-state index contributed by atoms with van der Waals surface area (Å²) in [5.41, 5.74) is -0.790. The van der Waals surface area contributed by atoms with E-state index in [2.05, 4.69) is 0 Å². The van der Waals surface area contributed by atoms with Crippen LogP contribution in [0.5, 0.6) is 0 Å². The van der Waals surface area contributed by atoms with Crippen LogP contribution in [0.4, 0.5) is 0 Å². The Morgan fingerprint density at radius 2 is 2.00 bits per heavy atom. The monoisotopic (exact) mass is 298 g/mol. The highest BCUT2D eigenvalue weighted by Gasteiger charge is 2.71. The molecule has 0 aromatic heterocycles. The largest absolute Gasteiger partial charge is 0.432 e. The fourth-order valence-corrected chi connectivity index (χ4v) is 4.72. The second kappa shape index (κ2) is 4.19. The lowest BCUT2D eigenvalue weighted by Gasteiger charge is -2.58. The summed E-state index contributed by atoms with van der Waals surface area (Å²) in [6.07, 6.45) is 0.812. The van der Waals surface area contributed by atoms with Crippen LogP contribution in [0, 0.1) is 23.7 Å². The summed E-state index contributed by atoms with van der Waals surface area (Å²) in [6.45, 7) is 5.67. The fraction of sp³-hybridized carbons (Fsp3) is 0.933. The number of carbonyl (C=O) groups excluding carboxylic acids is 1. The molecule has 118 valence electrons. The van der Waals surface area contributed by atoms with E-state index in [1.807, 2.05) is 13.8 Å². The summed E-state index contributed by atoms with van der Waals surface area (Å²) in [4.78, 5) is 23.6. The Hall–Kier alpha value is -0.690. The molecule has 0 radical (unpaired) electrons. The molecule has 0 aromatic rings. The number of rotatable bonds is 0. The minimum Gasteiger partial charge on any atom is -0.432 e. The molecule has 4 saturated heterocycles. The molecule has 1 spiro atoms. The maximum absolute atomic E-state index is 12.1. The molecular weight excluding hydrogens is 276 g/mol. The predicted molar refractivity (Wildman–Crippen MR) is 69.4 cm³/mol. The van der Waals surface area contributed by atoms with Gasteiger partial charge in [0.1, 0.15) is 0 Å². The summed E-state index contributed by atoms with van der Waals surface area (Å²) >= 11 is 0. The van der Waals surface area contributed by atoms with E-state index in [4.69, 9.17) is 19.2 Å². The zero-order valence-electron chi connectivity index (χ0n) is 12.6. The van der Waals surface area contributed by atoms with Crippen molar-refractivity contribution in [1.82, 2.24) is 0 Å². The lowest BCUT2D eigenvalue weighted by Crippen LogP contribution is -2.71. The third kappa shape index (κ3) is 1.64. The van der Waals surface area contributed by atoms with Crippen molar-refractivity contribution in [2.75, 3.05) is 0 Å². The topological polar surface area (TPSA) is 74.2 Å². The van der Waals surface area contributed by atoms with Crippen LogP contribution < -0.4 is 0 Å². The molecule has 1 aliphatic carbocycles. The lowest BCUT2D eigenvalue weighted by molar-refractivity contribution is -0.560. The van der Waals surface area contributed by atoms with Crippen LogP contribution in [0.25, 0.3) is 0 Å². The van der Waals surface area contributed by atoms with Crippen molar-refractivity contribution in [2.45, 2.75) is 63.8 Å². The number of hydrogen-bond donors (Lipinski definition) is 1. The van der Waals surface area contributed by atoms with Gasteiger partial charge in [0.25, 0.3) is 0 Å². The molecule has 4 aliphatic heterocycles. The lowest BCUT2D eigenvalue weighted by atomic mass is 9.57. The van der Waals surface area contributed by atoms with Crippen molar-refractivity contribution >= 4 is 5.97 Å². The summed E-state index contributed by atoms with van der Waals surface area (Å²) < 4.78 is 11.5. The highest BCUT2D eigenvalue weighted by molar-refractivity contribution is 5.74. The number of carbonyl (C=O) groups is 1. The average molecular weight is 298 g/mol. The maximum Gasteiger partial charge on any atom is 0.311 e. The maximum atomic E-state index is 12.1. The molecule has 5 rings (SSSR count). The SMILES string of the molecule is C[C@@H]1[C@@H](O)C[C@H]2[C@H](C)C(=O)O[C@@H]3O[C@@]4(C)CC[C@@H]1[C@]32OO4. The molecule has 2 bridgehead atoms. The van der Waals surface area contributed by atoms with E-state index in [0.29, 0.717) is 12.8 Å². The zero-order chi connectivity index (χ0) is 15.0. The van der Waals surface area contributed by atoms with Gasteiger partial charge in [-0.05, 0) is 25.7 Å². The summed E-state index contributed by atoms with van der Waals surface area (Å²) in [5.74, 6) is -1.54. The van der Waals surface area contributed by atoms with E-state index >= 15 is 0 Å². The third-order valence-electron chi connectivity index (χ3n) is 6.09. The van der Waals surface area contributed by atoms with Gasteiger partial charge in [-0.1, -0.05) is 13.8 Å². The first-order chi connectivity index (χ1) is 9.87. The van der Waals surface area contributed by atoms with E-state index < -0.39 is 23.8 Å². The standard InChI is InChI=1S/C15H22O6/c1-7-9-4-5-14(3)19-13-15(9,21-20-14)10(6-11(7)16)8(2)12(17)18-13/h7-11,13,16H,4-6H2,1-3H3/t7-,8-,9-,10-,11-,13+,14+,15+/m0/s1. The number of fused-ring (bicyclic) bond motifs is 2. The zero-order valence-corrected chi connectivity index (χ0v) is 12.6. The van der Waals surface area contributed by atoms with Crippen LogP contribution in [0.3, 0.4) is 0 Å². The van der Waals surface area contributed by atoms with Crippen molar-refractivity contribution < 1.29 is 29.1 Å². The first-order valence-electron chi connectivity index (χ1n) is 7.80. The van der Waals surface area contributed by atoms with Crippen molar-refractivity contribution in [3.05, 3.63) is 0 Å². The Kier molecular flexibility index (Phi) is 2.78. The molecule has 0 amide bonds. The van der Waals surface area contributed by atoms with E-state index in [0.717, 1.165) is 6.42 Å². The van der Waals surface area contributed by atoms with Gasteiger partial charge in [-0.25, -0.2) is 9.78 Å². The van der Waals surface area contributed by atoms with E-state index in [-0.39, 0.29) is 29.6 Å². The van der Waals surface area contributed by atoms with Crippen molar-refractivity contribution in [1.29, 1.82) is 0 Å². The molecule has 0 aromatic carbocycles. The molecule has 1 saturated carbocycles. The van der Waals surface area contributed by atoms with Crippen LogP contribution in [0.2, 0.25) is 0 Å². The molecule has 21 heavy (non-hydrogen) atoms. The smallest absolute Gasteiger partial charge is 0.311 e. The van der Waals surface area contributed by atoms with Gasteiger partial charge in [-0.3, -0.25) is 4.79 Å². The van der Waals surface area contributed by atoms with Crippen molar-refractivity contribution in [3.63, 3.8) is 0 Å². The minimum absolute atomic E-state index is 0.0520. The van der Waals surface area contributed by atoms with Crippen LogP contribution in [-0.4, -0.2) is 34.9 Å². The predicted octanol–water partition coefficient (Wildman–Crippen LogP) is 1.37. The van der Waals surface area contributed by atoms with Crippen molar-refractivity contribution in [2.24, 2.45) is 23.7 Å². The Labute approximate surface area is 123 Å². The van der Waals surface area contributed by atoms with Gasteiger partial charge in [-0.2, -0.15) is 0 Å². The normalized spacial score (nSPS) is 59.1. The third-order valence-corrected chi connectivity index (χ3v) is 6.09. The van der Waals surface area contributed by atoms with Gasteiger partial charge in [-0.15, -0.1) is 0 Å². The van der Waals surface area contributed by atoms with Gasteiger partial charge in [0.2, 0.25) is 12.1 Å². The van der Waals surface area contributed by atoms with Crippen LogP contribution in [-0.2, 0) is 24.0 Å². The Morgan fingerprint density at radius 1 is 1.24 bits per heavy atom. The van der Waals surface area contributed by atoms with Gasteiger partial charge >= 0.3 is 5.97 Å². The van der Waals surface area contributed by atoms with E-state index in [1.165, 1.54) is 0 Å². The molecule has 5 fully saturated rings. The Balaban J connectivity index is 1.85. The highest BCUT2D eigenvalue weighted by atomic mass is 17.3. The van der Waals surface area contributed by atoms with E-state index in [9.17, 15) is 9.90 Å². The molecule has 6 heteroatoms. The molecule has 4 heterocycles. The summed E-state index contributed by atoms with van der Waals surface area (Å²) in [5, 5.41) is 10.4. The molecular formula is C15H22O6. The number of hydrogen-bond acceptors (Lipinski definition) is 6. The first kappa shape index (κ1) is 13.9. The number of aliphatic hydroxyl groups is 1. The second-order valence-electron chi connectivity index (χ2n) is 7.24. The van der Waals surface area contributed by atoms with Gasteiger partial charge in [0.15, 0.2) is 5.60 Å². The Morgan fingerprint density at radius 3 is 2.76 bits per heavy atom. The molecule has 1 N–H and O–H groups in total. The van der Waals surface area contributed by atoms with E-state index in [1.54, 1.807) is 6.92 Å². The first-order valence-corrected chi connectivity index (χ1v) is 7.80. The van der Waals surface area contributed by atoms with Crippen LogP contribution in [0.15, 0.2) is 0 Å². The quantitative estimate of drug-likeness (QED) is 0.538. The van der Waals surface area contributed by atoms with Gasteiger partial charge in [0, 0.05) is 18.3 Å². The number of aliphatic hydroxyl groups excluding tert-OH is 1. The fourth-order valence-electron chi connectivity index (χ4n) is 4.72. The molecule has 8 atom stereocenters. The summed E-state index contributed by atoms with van der Waals surface area (Å²) in [7, 11) is 0. The minimum atomic E-state index is -0.886. The van der Waals surface area contributed by atoms with Crippen molar-refractivity contribution in [3.8, 4) is 0 Å². The number of esters is 1. The number of ether oxygens (including phenoxy) is 2. The summed E-state index contributed by atoms with van der Waals surface area (Å²) in [6, 6.07) is 0. The molecule has 0 unspecified atom stereocenters. The van der Waals surface area contributed by atoms with Gasteiger partial charge in [0.05, 0.1) is 12.0 Å². The Bertz CT molecular complexity index is 477. The average Bonchev–Trinajstić information content (AvgIpc) is 2.66. The second-order valence-corrected chi connectivity index (χ2v) is 7.24.